The fourth-order valence-corrected chi connectivity index (χ4v) is 3.30. The van der Waals surface area contributed by atoms with Gasteiger partial charge in [0.1, 0.15) is 11.0 Å². The number of rotatable bonds is 6. The molecule has 2 rings (SSSR count). The van der Waals surface area contributed by atoms with Gasteiger partial charge in [-0.15, -0.1) is 0 Å². The van der Waals surface area contributed by atoms with Crippen LogP contribution in [0.3, 0.4) is 0 Å². The van der Waals surface area contributed by atoms with Crippen molar-refractivity contribution in [3.05, 3.63) is 52.9 Å². The summed E-state index contributed by atoms with van der Waals surface area (Å²) < 4.78 is 29.5. The molecule has 23 heavy (non-hydrogen) atoms. The number of hydrogen-bond acceptors (Lipinski definition) is 5. The van der Waals surface area contributed by atoms with Crippen molar-refractivity contribution in [2.45, 2.75) is 38.3 Å². The first kappa shape index (κ1) is 17.2. The topological polar surface area (TPSA) is 89.3 Å². The number of benzene rings is 1. The number of sulfone groups is 1. The Morgan fingerprint density at radius 1 is 1.30 bits per heavy atom. The van der Waals surface area contributed by atoms with Crippen LogP contribution in [0, 0.1) is 13.8 Å². The Labute approximate surface area is 135 Å². The molecule has 6 nitrogen and oxygen atoms in total. The van der Waals surface area contributed by atoms with Crippen LogP contribution in [0.5, 0.6) is 0 Å². The molecular formula is C16H20N2O4S. The molecule has 0 bridgehead atoms. The highest BCUT2D eigenvalue weighted by Crippen LogP contribution is 2.13. The zero-order valence-electron chi connectivity index (χ0n) is 13.4. The Morgan fingerprint density at radius 3 is 2.61 bits per heavy atom. The standard InChI is InChI=1S/C16H20N2O4S/c1-11-6-4-5-7-14(11)9-17-16(19)13(3)23(20,21)10-15-8-12(2)18-22-15/h4-8,13H,9-10H2,1-3H3,(H,17,19). The van der Waals surface area contributed by atoms with Gasteiger partial charge in [0.05, 0.1) is 5.69 Å². The van der Waals surface area contributed by atoms with E-state index in [1.165, 1.54) is 6.92 Å². The van der Waals surface area contributed by atoms with Gasteiger partial charge in [0.25, 0.3) is 0 Å². The van der Waals surface area contributed by atoms with E-state index in [2.05, 4.69) is 10.5 Å². The minimum atomic E-state index is -3.66. The number of nitrogens with zero attached hydrogens (tertiary/aromatic N) is 1. The number of aromatic nitrogens is 1. The predicted octanol–water partition coefficient (Wildman–Crippen LogP) is 1.91. The van der Waals surface area contributed by atoms with Gasteiger partial charge in [-0.2, -0.15) is 0 Å². The van der Waals surface area contributed by atoms with Crippen LogP contribution >= 0.6 is 0 Å². The fraction of sp³-hybridized carbons (Fsp3) is 0.375. The molecule has 1 unspecified atom stereocenters. The Bertz CT molecular complexity index is 796. The Morgan fingerprint density at radius 2 is 2.00 bits per heavy atom. The summed E-state index contributed by atoms with van der Waals surface area (Å²) in [5.41, 5.74) is 2.60. The van der Waals surface area contributed by atoms with Gasteiger partial charge in [-0.3, -0.25) is 4.79 Å². The van der Waals surface area contributed by atoms with Crippen molar-refractivity contribution >= 4 is 15.7 Å². The highest BCUT2D eigenvalue weighted by Gasteiger charge is 2.29. The maximum absolute atomic E-state index is 12.3. The lowest BCUT2D eigenvalue weighted by Gasteiger charge is -2.13. The summed E-state index contributed by atoms with van der Waals surface area (Å²) in [4.78, 5) is 12.1. The summed E-state index contributed by atoms with van der Waals surface area (Å²) in [7, 11) is -3.66. The summed E-state index contributed by atoms with van der Waals surface area (Å²) in [6, 6.07) is 9.17. The second-order valence-corrected chi connectivity index (χ2v) is 7.85. The lowest BCUT2D eigenvalue weighted by atomic mass is 10.1. The minimum Gasteiger partial charge on any atom is -0.360 e. The second-order valence-electron chi connectivity index (χ2n) is 5.53. The molecule has 0 aliphatic rings. The van der Waals surface area contributed by atoms with E-state index in [9.17, 15) is 13.2 Å². The Hall–Kier alpha value is -2.15. The molecule has 124 valence electrons. The van der Waals surface area contributed by atoms with Crippen LogP contribution in [0.4, 0.5) is 0 Å². The third-order valence-corrected chi connectivity index (χ3v) is 5.62. The average Bonchev–Trinajstić information content (AvgIpc) is 2.89. The lowest BCUT2D eigenvalue weighted by molar-refractivity contribution is -0.120. The highest BCUT2D eigenvalue weighted by molar-refractivity contribution is 7.92. The van der Waals surface area contributed by atoms with Crippen LogP contribution in [0.1, 0.15) is 29.5 Å². The number of nitrogens with one attached hydrogen (secondary N) is 1. The molecule has 0 aliphatic carbocycles. The summed E-state index contributed by atoms with van der Waals surface area (Å²) in [6.45, 7) is 5.32. The third-order valence-electron chi connectivity index (χ3n) is 3.64. The molecular weight excluding hydrogens is 316 g/mol. The molecule has 2 aromatic rings. The summed E-state index contributed by atoms with van der Waals surface area (Å²) in [6.07, 6.45) is 0. The van der Waals surface area contributed by atoms with Crippen molar-refractivity contribution in [3.8, 4) is 0 Å². The van der Waals surface area contributed by atoms with Gasteiger partial charge in [-0.05, 0) is 31.9 Å². The van der Waals surface area contributed by atoms with Gasteiger partial charge in [0.15, 0.2) is 15.6 Å². The van der Waals surface area contributed by atoms with Crippen LogP contribution in [-0.4, -0.2) is 24.7 Å². The first-order valence-electron chi connectivity index (χ1n) is 7.25. The zero-order valence-corrected chi connectivity index (χ0v) is 14.2. The van der Waals surface area contributed by atoms with Crippen LogP contribution in [0.15, 0.2) is 34.9 Å². The molecule has 1 aromatic heterocycles. The van der Waals surface area contributed by atoms with Crippen LogP contribution in [-0.2, 0) is 26.9 Å². The van der Waals surface area contributed by atoms with E-state index < -0.39 is 21.0 Å². The molecule has 0 saturated heterocycles. The first-order valence-corrected chi connectivity index (χ1v) is 8.97. The molecule has 7 heteroatoms. The van der Waals surface area contributed by atoms with Gasteiger partial charge < -0.3 is 9.84 Å². The first-order chi connectivity index (χ1) is 10.8. The number of aryl methyl sites for hydroxylation is 2. The van der Waals surface area contributed by atoms with E-state index in [1.807, 2.05) is 31.2 Å². The monoisotopic (exact) mass is 336 g/mol. The molecule has 0 saturated carbocycles. The van der Waals surface area contributed by atoms with Crippen LogP contribution in [0.2, 0.25) is 0 Å². The van der Waals surface area contributed by atoms with E-state index in [0.29, 0.717) is 12.2 Å². The van der Waals surface area contributed by atoms with Crippen molar-refractivity contribution in [2.75, 3.05) is 0 Å². The van der Waals surface area contributed by atoms with Crippen molar-refractivity contribution in [2.24, 2.45) is 0 Å². The van der Waals surface area contributed by atoms with Crippen molar-refractivity contribution in [1.82, 2.24) is 10.5 Å². The SMILES string of the molecule is Cc1cc(CS(=O)(=O)C(C)C(=O)NCc2ccccc2C)on1. The minimum absolute atomic E-state index is 0.237. The van der Waals surface area contributed by atoms with Gasteiger partial charge in [-0.25, -0.2) is 8.42 Å². The summed E-state index contributed by atoms with van der Waals surface area (Å²) in [5.74, 6) is -0.627. The molecule has 0 fully saturated rings. The maximum Gasteiger partial charge on any atom is 0.238 e. The molecule has 1 N–H and O–H groups in total. The normalized spacial score (nSPS) is 12.8. The van der Waals surface area contributed by atoms with E-state index in [-0.39, 0.29) is 11.5 Å². The predicted molar refractivity (Wildman–Crippen MR) is 86.4 cm³/mol. The Balaban J connectivity index is 1.99. The van der Waals surface area contributed by atoms with E-state index in [4.69, 9.17) is 4.52 Å². The molecule has 0 spiro atoms. The van der Waals surface area contributed by atoms with Gasteiger partial charge >= 0.3 is 0 Å². The molecule has 1 atom stereocenters. The lowest BCUT2D eigenvalue weighted by Crippen LogP contribution is -2.38. The average molecular weight is 336 g/mol. The zero-order chi connectivity index (χ0) is 17.0. The quantitative estimate of drug-likeness (QED) is 0.870. The second kappa shape index (κ2) is 6.95. The molecule has 1 amide bonds. The fourth-order valence-electron chi connectivity index (χ4n) is 2.11. The highest BCUT2D eigenvalue weighted by atomic mass is 32.2. The van der Waals surface area contributed by atoms with Crippen molar-refractivity contribution in [1.29, 1.82) is 0 Å². The van der Waals surface area contributed by atoms with E-state index in [0.717, 1.165) is 11.1 Å². The van der Waals surface area contributed by atoms with Crippen LogP contribution < -0.4 is 5.32 Å². The van der Waals surface area contributed by atoms with Crippen molar-refractivity contribution in [3.63, 3.8) is 0 Å². The largest absolute Gasteiger partial charge is 0.360 e. The van der Waals surface area contributed by atoms with E-state index in [1.54, 1.807) is 13.0 Å². The number of hydrogen-bond donors (Lipinski definition) is 1. The molecule has 1 aromatic carbocycles. The third kappa shape index (κ3) is 4.41. The number of amides is 1. The van der Waals surface area contributed by atoms with Gasteiger partial charge in [-0.1, -0.05) is 29.4 Å². The number of carbonyl (C=O) groups excluding carboxylic acids is 1. The number of carbonyl (C=O) groups is 1. The summed E-state index contributed by atoms with van der Waals surface area (Å²) in [5, 5.41) is 5.17. The maximum atomic E-state index is 12.3. The van der Waals surface area contributed by atoms with Gasteiger partial charge in [0.2, 0.25) is 5.91 Å². The molecule has 0 aliphatic heterocycles. The molecule has 1 heterocycles. The smallest absolute Gasteiger partial charge is 0.238 e. The van der Waals surface area contributed by atoms with Crippen LogP contribution in [0.25, 0.3) is 0 Å². The van der Waals surface area contributed by atoms with E-state index >= 15 is 0 Å². The van der Waals surface area contributed by atoms with Crippen molar-refractivity contribution < 1.29 is 17.7 Å². The molecule has 0 radical (unpaired) electrons. The van der Waals surface area contributed by atoms with Gasteiger partial charge in [0, 0.05) is 12.6 Å². The summed E-state index contributed by atoms with van der Waals surface area (Å²) >= 11 is 0. The Kier molecular flexibility index (Phi) is 5.20.